The summed E-state index contributed by atoms with van der Waals surface area (Å²) in [6.45, 7) is 2.61. The van der Waals surface area contributed by atoms with Gasteiger partial charge < -0.3 is 21.1 Å². The van der Waals surface area contributed by atoms with Gasteiger partial charge in [0.25, 0.3) is 0 Å². The standard InChI is InChI=1S/C21H25N5O2S/c1-14-6-5-9-19(25-14)26-20(28)10-11-23-21(22-2)24-13-16(27)18-12-15-7-3-4-8-17(15)29-18/h3-9,12,16,27H,10-11,13H2,1-2H3,(H2,22,23,24)(H,25,26,28). The molecule has 0 bridgehead atoms. The molecule has 3 rings (SSSR count). The Labute approximate surface area is 173 Å². The second-order valence-corrected chi connectivity index (χ2v) is 7.66. The number of hydrogen-bond donors (Lipinski definition) is 4. The van der Waals surface area contributed by atoms with Crippen molar-refractivity contribution in [2.24, 2.45) is 4.99 Å². The monoisotopic (exact) mass is 411 g/mol. The van der Waals surface area contributed by atoms with E-state index in [0.717, 1.165) is 20.7 Å². The van der Waals surface area contributed by atoms with Gasteiger partial charge in [0.05, 0.1) is 0 Å². The van der Waals surface area contributed by atoms with E-state index in [1.165, 1.54) is 0 Å². The Balaban J connectivity index is 1.42. The molecule has 152 valence electrons. The zero-order chi connectivity index (χ0) is 20.6. The predicted octanol–water partition coefficient (Wildman–Crippen LogP) is 2.83. The summed E-state index contributed by atoms with van der Waals surface area (Å²) in [4.78, 5) is 21.3. The van der Waals surface area contributed by atoms with Crippen LogP contribution < -0.4 is 16.0 Å². The number of aliphatic imine (C=N–C) groups is 1. The van der Waals surface area contributed by atoms with E-state index in [9.17, 15) is 9.90 Å². The quantitative estimate of drug-likeness (QED) is 0.354. The number of nitrogens with zero attached hydrogens (tertiary/aromatic N) is 2. The second kappa shape index (κ2) is 9.99. The van der Waals surface area contributed by atoms with E-state index in [2.05, 4.69) is 25.9 Å². The predicted molar refractivity (Wildman–Crippen MR) is 118 cm³/mol. The molecule has 29 heavy (non-hydrogen) atoms. The molecule has 2 aromatic heterocycles. The van der Waals surface area contributed by atoms with Gasteiger partial charge in [-0.05, 0) is 36.6 Å². The average molecular weight is 412 g/mol. The lowest BCUT2D eigenvalue weighted by atomic mass is 10.2. The fraction of sp³-hybridized carbons (Fsp3) is 0.286. The van der Waals surface area contributed by atoms with Crippen molar-refractivity contribution in [1.82, 2.24) is 15.6 Å². The second-order valence-electron chi connectivity index (χ2n) is 6.54. The molecule has 0 aliphatic carbocycles. The number of aliphatic hydroxyl groups excluding tert-OH is 1. The van der Waals surface area contributed by atoms with Crippen LogP contribution in [0, 0.1) is 6.92 Å². The molecule has 0 spiro atoms. The van der Waals surface area contributed by atoms with Crippen molar-refractivity contribution in [2.45, 2.75) is 19.4 Å². The first-order valence-corrected chi connectivity index (χ1v) is 10.2. The van der Waals surface area contributed by atoms with E-state index < -0.39 is 6.10 Å². The van der Waals surface area contributed by atoms with Crippen molar-refractivity contribution in [1.29, 1.82) is 0 Å². The molecule has 1 unspecified atom stereocenters. The summed E-state index contributed by atoms with van der Waals surface area (Å²) in [5.74, 6) is 0.951. The van der Waals surface area contributed by atoms with Crippen LogP contribution in [-0.4, -0.2) is 42.1 Å². The van der Waals surface area contributed by atoms with Gasteiger partial charge in [0.15, 0.2) is 5.96 Å². The molecule has 7 nitrogen and oxygen atoms in total. The molecular weight excluding hydrogens is 386 g/mol. The van der Waals surface area contributed by atoms with E-state index in [4.69, 9.17) is 0 Å². The number of pyridine rings is 1. The van der Waals surface area contributed by atoms with Gasteiger partial charge in [-0.25, -0.2) is 4.98 Å². The maximum Gasteiger partial charge on any atom is 0.227 e. The van der Waals surface area contributed by atoms with Crippen LogP contribution in [0.3, 0.4) is 0 Å². The fourth-order valence-electron chi connectivity index (χ4n) is 2.79. The van der Waals surface area contributed by atoms with Gasteiger partial charge in [0, 0.05) is 41.8 Å². The number of guanidine groups is 1. The summed E-state index contributed by atoms with van der Waals surface area (Å²) in [6, 6.07) is 15.5. The minimum atomic E-state index is -0.637. The molecule has 0 aliphatic rings. The van der Waals surface area contributed by atoms with Gasteiger partial charge in [-0.1, -0.05) is 24.3 Å². The maximum atomic E-state index is 12.0. The first kappa shape index (κ1) is 20.8. The number of carbonyl (C=O) groups is 1. The van der Waals surface area contributed by atoms with Gasteiger partial charge in [-0.15, -0.1) is 11.3 Å². The number of nitrogens with one attached hydrogen (secondary N) is 3. The Bertz CT molecular complexity index is 968. The number of aliphatic hydroxyl groups is 1. The van der Waals surface area contributed by atoms with E-state index in [1.807, 2.05) is 49.4 Å². The van der Waals surface area contributed by atoms with Crippen LogP contribution >= 0.6 is 11.3 Å². The molecule has 0 saturated carbocycles. The summed E-state index contributed by atoms with van der Waals surface area (Å²) in [5, 5.41) is 20.5. The number of carbonyl (C=O) groups excluding carboxylic acids is 1. The van der Waals surface area contributed by atoms with E-state index >= 15 is 0 Å². The third kappa shape index (κ3) is 6.00. The van der Waals surface area contributed by atoms with Crippen LogP contribution in [0.15, 0.2) is 53.5 Å². The molecular formula is C21H25N5O2S. The number of aromatic nitrogens is 1. The van der Waals surface area contributed by atoms with Crippen LogP contribution in [0.25, 0.3) is 10.1 Å². The van der Waals surface area contributed by atoms with E-state index in [-0.39, 0.29) is 12.3 Å². The number of anilines is 1. The Morgan fingerprint density at radius 3 is 2.79 bits per heavy atom. The minimum absolute atomic E-state index is 0.128. The molecule has 1 amide bonds. The van der Waals surface area contributed by atoms with Crippen LogP contribution in [0.4, 0.5) is 5.82 Å². The molecule has 4 N–H and O–H groups in total. The lowest BCUT2D eigenvalue weighted by Gasteiger charge is -2.14. The zero-order valence-corrected chi connectivity index (χ0v) is 17.3. The van der Waals surface area contributed by atoms with Crippen LogP contribution in [-0.2, 0) is 4.79 Å². The highest BCUT2D eigenvalue weighted by molar-refractivity contribution is 7.19. The Kier molecular flexibility index (Phi) is 7.15. The number of hydrogen-bond acceptors (Lipinski definition) is 5. The SMILES string of the molecule is CN=C(NCCC(=O)Nc1cccc(C)n1)NCC(O)c1cc2ccccc2s1. The highest BCUT2D eigenvalue weighted by Crippen LogP contribution is 2.29. The first-order chi connectivity index (χ1) is 14.0. The number of aryl methyl sites for hydroxylation is 1. The van der Waals surface area contributed by atoms with Gasteiger partial charge in [-0.3, -0.25) is 9.79 Å². The summed E-state index contributed by atoms with van der Waals surface area (Å²) in [5.41, 5.74) is 0.850. The molecule has 2 heterocycles. The Morgan fingerprint density at radius 1 is 1.21 bits per heavy atom. The van der Waals surface area contributed by atoms with Crippen molar-refractivity contribution in [3.05, 3.63) is 59.1 Å². The fourth-order valence-corrected chi connectivity index (χ4v) is 3.84. The van der Waals surface area contributed by atoms with Crippen molar-refractivity contribution in [2.75, 3.05) is 25.5 Å². The van der Waals surface area contributed by atoms with Gasteiger partial charge in [0.1, 0.15) is 11.9 Å². The van der Waals surface area contributed by atoms with Crippen LogP contribution in [0.5, 0.6) is 0 Å². The smallest absolute Gasteiger partial charge is 0.227 e. The van der Waals surface area contributed by atoms with Crippen molar-refractivity contribution >= 4 is 39.1 Å². The molecule has 0 radical (unpaired) electrons. The Morgan fingerprint density at radius 2 is 2.03 bits per heavy atom. The number of benzene rings is 1. The van der Waals surface area contributed by atoms with E-state index in [0.29, 0.717) is 24.9 Å². The molecule has 1 aromatic carbocycles. The largest absolute Gasteiger partial charge is 0.386 e. The van der Waals surface area contributed by atoms with Gasteiger partial charge in [-0.2, -0.15) is 0 Å². The molecule has 1 atom stereocenters. The summed E-state index contributed by atoms with van der Waals surface area (Å²) in [6.07, 6.45) is -0.364. The normalized spacial score (nSPS) is 12.6. The number of thiophene rings is 1. The first-order valence-electron chi connectivity index (χ1n) is 9.39. The molecule has 0 aliphatic heterocycles. The molecule has 8 heteroatoms. The van der Waals surface area contributed by atoms with E-state index in [1.54, 1.807) is 24.5 Å². The lowest BCUT2D eigenvalue weighted by molar-refractivity contribution is -0.116. The van der Waals surface area contributed by atoms with Crippen molar-refractivity contribution in [3.63, 3.8) is 0 Å². The number of rotatable bonds is 7. The molecule has 0 fully saturated rings. The zero-order valence-electron chi connectivity index (χ0n) is 16.5. The van der Waals surface area contributed by atoms with Gasteiger partial charge in [0.2, 0.25) is 5.91 Å². The third-order valence-corrected chi connectivity index (χ3v) is 5.48. The molecule has 3 aromatic rings. The maximum absolute atomic E-state index is 12.0. The van der Waals surface area contributed by atoms with Crippen LogP contribution in [0.1, 0.15) is 23.1 Å². The van der Waals surface area contributed by atoms with Crippen LogP contribution in [0.2, 0.25) is 0 Å². The highest BCUT2D eigenvalue weighted by atomic mass is 32.1. The topological polar surface area (TPSA) is 98.6 Å². The average Bonchev–Trinajstić information content (AvgIpc) is 3.14. The number of amides is 1. The minimum Gasteiger partial charge on any atom is -0.386 e. The van der Waals surface area contributed by atoms with Crippen molar-refractivity contribution < 1.29 is 9.90 Å². The Hall–Kier alpha value is -2.97. The lowest BCUT2D eigenvalue weighted by Crippen LogP contribution is -2.40. The summed E-state index contributed by atoms with van der Waals surface area (Å²) < 4.78 is 1.15. The highest BCUT2D eigenvalue weighted by Gasteiger charge is 2.12. The molecule has 0 saturated heterocycles. The number of fused-ring (bicyclic) bond motifs is 1. The third-order valence-electron chi connectivity index (χ3n) is 4.26. The van der Waals surface area contributed by atoms with Crippen molar-refractivity contribution in [3.8, 4) is 0 Å². The van der Waals surface area contributed by atoms with Gasteiger partial charge >= 0.3 is 0 Å². The summed E-state index contributed by atoms with van der Waals surface area (Å²) in [7, 11) is 1.65. The summed E-state index contributed by atoms with van der Waals surface area (Å²) >= 11 is 1.58.